The number of ether oxygens (including phenoxy) is 3. The number of hydrogen-bond acceptors (Lipinski definition) is 4. The van der Waals surface area contributed by atoms with Gasteiger partial charge in [-0.1, -0.05) is 0 Å². The molecular weight excluding hydrogens is 194 g/mol. The Bertz CT molecular complexity index is 379. The molecule has 0 unspecified atom stereocenters. The molecule has 0 radical (unpaired) electrons. The molecule has 0 aromatic heterocycles. The van der Waals surface area contributed by atoms with Crippen molar-refractivity contribution in [3.8, 4) is 29.2 Å². The van der Waals surface area contributed by atoms with Gasteiger partial charge in [0.2, 0.25) is 0 Å². The molecule has 0 heterocycles. The summed E-state index contributed by atoms with van der Waals surface area (Å²) < 4.78 is 15.4. The smallest absolute Gasteiger partial charge is 0.142 e. The Morgan fingerprint density at radius 3 is 1.87 bits per heavy atom. The second-order valence-electron chi connectivity index (χ2n) is 2.68. The summed E-state index contributed by atoms with van der Waals surface area (Å²) in [6, 6.07) is 5.77. The topological polar surface area (TPSA) is 53.7 Å². The minimum absolute atomic E-state index is 0.573. The fraction of sp³-hybridized carbons (Fsp3) is 0.273. The van der Waals surface area contributed by atoms with E-state index >= 15 is 0 Å². The zero-order valence-electron chi connectivity index (χ0n) is 8.96. The summed E-state index contributed by atoms with van der Waals surface area (Å²) in [4.78, 5) is 0. The van der Waals surface area contributed by atoms with Gasteiger partial charge >= 0.3 is 0 Å². The molecule has 0 fully saturated rings. The minimum atomic E-state index is 0.573. The van der Waals surface area contributed by atoms with Crippen LogP contribution in [0.1, 0.15) is 5.56 Å². The molecule has 0 atom stereocenters. The van der Waals surface area contributed by atoms with Crippen molar-refractivity contribution in [1.82, 2.24) is 0 Å². The Morgan fingerprint density at radius 2 is 1.53 bits per heavy atom. The van der Waals surface area contributed by atoms with Crippen molar-refractivity contribution in [3.05, 3.63) is 17.7 Å². The molecule has 2 N–H and O–H groups in total. The van der Waals surface area contributed by atoms with E-state index in [1.165, 1.54) is 0 Å². The van der Waals surface area contributed by atoms with Gasteiger partial charge in [-0.15, -0.1) is 0 Å². The zero-order valence-corrected chi connectivity index (χ0v) is 8.96. The predicted molar refractivity (Wildman–Crippen MR) is 57.2 cm³/mol. The number of benzene rings is 1. The van der Waals surface area contributed by atoms with Crippen LogP contribution >= 0.6 is 0 Å². The van der Waals surface area contributed by atoms with E-state index in [2.05, 4.69) is 12.0 Å². The van der Waals surface area contributed by atoms with E-state index in [0.29, 0.717) is 22.8 Å². The van der Waals surface area contributed by atoms with Gasteiger partial charge in [0.25, 0.3) is 0 Å². The van der Waals surface area contributed by atoms with Gasteiger partial charge in [-0.3, -0.25) is 0 Å². The molecule has 0 aliphatic heterocycles. The molecule has 0 bridgehead atoms. The highest BCUT2D eigenvalue weighted by Gasteiger charge is 2.10. The molecule has 4 nitrogen and oxygen atoms in total. The van der Waals surface area contributed by atoms with Crippen LogP contribution in [0.2, 0.25) is 0 Å². The standard InChI is InChI=1S/C11H13NO3/c1-13-8-6-10(14-2)9(4-5-12)11(7-8)15-3/h6-7H,12H2,1-3H3. The van der Waals surface area contributed by atoms with Crippen LogP contribution in [0.15, 0.2) is 12.1 Å². The lowest BCUT2D eigenvalue weighted by molar-refractivity contribution is 0.374. The molecule has 0 aliphatic rings. The summed E-state index contributed by atoms with van der Waals surface area (Å²) in [5.74, 6) is 4.51. The SMILES string of the molecule is COc1cc(OC)c(C#CN)c(OC)c1. The molecule has 1 aromatic carbocycles. The molecule has 0 spiro atoms. The Kier molecular flexibility index (Phi) is 3.69. The van der Waals surface area contributed by atoms with Crippen LogP contribution in [0, 0.1) is 12.0 Å². The van der Waals surface area contributed by atoms with Crippen LogP contribution < -0.4 is 19.9 Å². The van der Waals surface area contributed by atoms with Gasteiger partial charge in [0.15, 0.2) is 0 Å². The van der Waals surface area contributed by atoms with Crippen molar-refractivity contribution >= 4 is 0 Å². The lowest BCUT2D eigenvalue weighted by Gasteiger charge is -2.10. The predicted octanol–water partition coefficient (Wildman–Crippen LogP) is 0.980. The van der Waals surface area contributed by atoms with E-state index in [-0.39, 0.29) is 0 Å². The summed E-state index contributed by atoms with van der Waals surface area (Å²) in [7, 11) is 4.67. The van der Waals surface area contributed by atoms with E-state index in [1.54, 1.807) is 33.5 Å². The molecule has 1 rings (SSSR count). The first-order valence-corrected chi connectivity index (χ1v) is 4.28. The molecule has 0 aliphatic carbocycles. The van der Waals surface area contributed by atoms with Gasteiger partial charge in [0, 0.05) is 18.2 Å². The minimum Gasteiger partial charge on any atom is -0.496 e. The summed E-state index contributed by atoms with van der Waals surface area (Å²) in [5.41, 5.74) is 5.79. The van der Waals surface area contributed by atoms with Gasteiger partial charge in [-0.2, -0.15) is 0 Å². The maximum atomic E-state index is 5.17. The Balaban J connectivity index is 3.36. The maximum absolute atomic E-state index is 5.17. The molecule has 0 amide bonds. The number of methoxy groups -OCH3 is 3. The third kappa shape index (κ3) is 2.26. The molecular formula is C11H13NO3. The molecule has 0 saturated carbocycles. The van der Waals surface area contributed by atoms with Crippen LogP contribution in [0.25, 0.3) is 0 Å². The van der Waals surface area contributed by atoms with Crippen LogP contribution in [0.5, 0.6) is 17.2 Å². The van der Waals surface area contributed by atoms with Crippen LogP contribution in [0.3, 0.4) is 0 Å². The van der Waals surface area contributed by atoms with Gasteiger partial charge < -0.3 is 19.9 Å². The molecule has 15 heavy (non-hydrogen) atoms. The summed E-state index contributed by atoms with van der Waals surface area (Å²) in [6.45, 7) is 0. The van der Waals surface area contributed by atoms with Gasteiger partial charge in [0.05, 0.1) is 21.3 Å². The quantitative estimate of drug-likeness (QED) is 0.593. The Labute approximate surface area is 88.9 Å². The van der Waals surface area contributed by atoms with Crippen LogP contribution in [0.4, 0.5) is 0 Å². The largest absolute Gasteiger partial charge is 0.496 e. The third-order valence-electron chi connectivity index (χ3n) is 1.91. The van der Waals surface area contributed by atoms with Gasteiger partial charge in [0.1, 0.15) is 22.8 Å². The van der Waals surface area contributed by atoms with E-state index in [4.69, 9.17) is 19.9 Å². The normalized spacial score (nSPS) is 8.73. The van der Waals surface area contributed by atoms with Gasteiger partial charge in [-0.05, 0) is 5.92 Å². The lowest BCUT2D eigenvalue weighted by atomic mass is 10.1. The third-order valence-corrected chi connectivity index (χ3v) is 1.91. The average Bonchev–Trinajstić information content (AvgIpc) is 2.29. The summed E-state index contributed by atoms with van der Waals surface area (Å²) >= 11 is 0. The van der Waals surface area contributed by atoms with Crippen molar-refractivity contribution in [2.24, 2.45) is 5.73 Å². The highest BCUT2D eigenvalue weighted by atomic mass is 16.5. The first kappa shape index (κ1) is 11.1. The van der Waals surface area contributed by atoms with Crippen molar-refractivity contribution in [3.63, 3.8) is 0 Å². The van der Waals surface area contributed by atoms with E-state index in [0.717, 1.165) is 0 Å². The molecule has 80 valence electrons. The lowest BCUT2D eigenvalue weighted by Crippen LogP contribution is -1.96. The summed E-state index contributed by atoms with van der Waals surface area (Å²) in [5, 5.41) is 0. The highest BCUT2D eigenvalue weighted by Crippen LogP contribution is 2.32. The molecule has 1 aromatic rings. The first-order valence-electron chi connectivity index (χ1n) is 4.28. The molecule has 4 heteroatoms. The zero-order chi connectivity index (χ0) is 11.3. The first-order chi connectivity index (χ1) is 7.26. The van der Waals surface area contributed by atoms with E-state index in [9.17, 15) is 0 Å². The van der Waals surface area contributed by atoms with E-state index < -0.39 is 0 Å². The van der Waals surface area contributed by atoms with Crippen LogP contribution in [-0.2, 0) is 0 Å². The van der Waals surface area contributed by atoms with Crippen molar-refractivity contribution in [2.45, 2.75) is 0 Å². The second kappa shape index (κ2) is 5.01. The second-order valence-corrected chi connectivity index (χ2v) is 2.68. The van der Waals surface area contributed by atoms with Gasteiger partial charge in [-0.25, -0.2) is 0 Å². The van der Waals surface area contributed by atoms with Crippen molar-refractivity contribution < 1.29 is 14.2 Å². The number of hydrogen-bond donors (Lipinski definition) is 1. The molecule has 0 saturated heterocycles. The Hall–Kier alpha value is -2.02. The number of nitrogens with two attached hydrogens (primary N) is 1. The average molecular weight is 207 g/mol. The number of rotatable bonds is 3. The maximum Gasteiger partial charge on any atom is 0.142 e. The van der Waals surface area contributed by atoms with Crippen molar-refractivity contribution in [2.75, 3.05) is 21.3 Å². The Morgan fingerprint density at radius 1 is 1.00 bits per heavy atom. The fourth-order valence-corrected chi connectivity index (χ4v) is 1.20. The van der Waals surface area contributed by atoms with Crippen molar-refractivity contribution in [1.29, 1.82) is 0 Å². The fourth-order valence-electron chi connectivity index (χ4n) is 1.20. The van der Waals surface area contributed by atoms with Crippen LogP contribution in [-0.4, -0.2) is 21.3 Å². The van der Waals surface area contributed by atoms with E-state index in [1.807, 2.05) is 0 Å². The monoisotopic (exact) mass is 207 g/mol. The highest BCUT2D eigenvalue weighted by molar-refractivity contribution is 5.58. The summed E-state index contributed by atoms with van der Waals surface area (Å²) in [6.07, 6.45) is 0.